The molecule has 3 rings (SSSR count). The highest BCUT2D eigenvalue weighted by molar-refractivity contribution is 8.18. The second-order valence-electron chi connectivity index (χ2n) is 6.02. The second kappa shape index (κ2) is 10.4. The fraction of sp³-hybridized carbons (Fsp3) is 0.182. The Morgan fingerprint density at radius 2 is 1.79 bits per heavy atom. The SMILES string of the molecule is C=CC.COc1ccc([C@H](C)N=C2NC(=O)/C(=C/c3ccc(N)cc3)S2)cc1. The summed E-state index contributed by atoms with van der Waals surface area (Å²) in [7, 11) is 1.64. The fourth-order valence-corrected chi connectivity index (χ4v) is 3.27. The molecule has 0 aromatic heterocycles. The van der Waals surface area contributed by atoms with Gasteiger partial charge in [0, 0.05) is 5.69 Å². The lowest BCUT2D eigenvalue weighted by Gasteiger charge is -2.08. The minimum Gasteiger partial charge on any atom is -0.497 e. The van der Waals surface area contributed by atoms with E-state index in [1.54, 1.807) is 13.2 Å². The predicted molar refractivity (Wildman–Crippen MR) is 119 cm³/mol. The van der Waals surface area contributed by atoms with Crippen LogP contribution in [0.15, 0.2) is 71.1 Å². The van der Waals surface area contributed by atoms with Crippen LogP contribution in [0.3, 0.4) is 0 Å². The molecule has 1 aliphatic heterocycles. The number of nitrogen functional groups attached to an aromatic ring is 1. The van der Waals surface area contributed by atoms with Crippen molar-refractivity contribution in [2.75, 3.05) is 12.8 Å². The van der Waals surface area contributed by atoms with Crippen molar-refractivity contribution in [3.8, 4) is 5.75 Å². The number of nitrogens with zero attached hydrogens (tertiary/aromatic N) is 1. The summed E-state index contributed by atoms with van der Waals surface area (Å²) in [6, 6.07) is 15.1. The van der Waals surface area contributed by atoms with Gasteiger partial charge in [-0.1, -0.05) is 30.3 Å². The van der Waals surface area contributed by atoms with Gasteiger partial charge < -0.3 is 15.8 Å². The van der Waals surface area contributed by atoms with Crippen molar-refractivity contribution in [2.24, 2.45) is 4.99 Å². The van der Waals surface area contributed by atoms with Gasteiger partial charge in [-0.05, 0) is 67.1 Å². The Hall–Kier alpha value is -2.99. The smallest absolute Gasteiger partial charge is 0.264 e. The molecule has 1 fully saturated rings. The number of carbonyl (C=O) groups excluding carboxylic acids is 1. The van der Waals surface area contributed by atoms with E-state index in [0.29, 0.717) is 15.8 Å². The van der Waals surface area contributed by atoms with Crippen molar-refractivity contribution in [3.63, 3.8) is 0 Å². The molecule has 1 atom stereocenters. The summed E-state index contributed by atoms with van der Waals surface area (Å²) in [4.78, 5) is 17.4. The van der Waals surface area contributed by atoms with Crippen LogP contribution in [0, 0.1) is 0 Å². The molecule has 1 heterocycles. The Morgan fingerprint density at radius 3 is 2.36 bits per heavy atom. The monoisotopic (exact) mass is 395 g/mol. The quantitative estimate of drug-likeness (QED) is 0.443. The van der Waals surface area contributed by atoms with Crippen LogP contribution in [0.25, 0.3) is 6.08 Å². The van der Waals surface area contributed by atoms with Crippen molar-refractivity contribution in [1.29, 1.82) is 0 Å². The molecule has 5 nitrogen and oxygen atoms in total. The number of hydrogen-bond acceptors (Lipinski definition) is 5. The Morgan fingerprint density at radius 1 is 1.18 bits per heavy atom. The minimum absolute atomic E-state index is 0.0652. The number of nitrogens with two attached hydrogens (primary N) is 1. The first-order valence-electron chi connectivity index (χ1n) is 8.82. The highest BCUT2D eigenvalue weighted by Gasteiger charge is 2.24. The van der Waals surface area contributed by atoms with Crippen LogP contribution in [0.5, 0.6) is 5.75 Å². The third-order valence-electron chi connectivity index (χ3n) is 3.79. The van der Waals surface area contributed by atoms with E-state index in [1.165, 1.54) is 11.8 Å². The molecule has 2 aromatic carbocycles. The number of rotatable bonds is 4. The number of carbonyl (C=O) groups is 1. The first kappa shape index (κ1) is 21.3. The zero-order valence-electron chi connectivity index (χ0n) is 16.3. The van der Waals surface area contributed by atoms with E-state index in [1.807, 2.05) is 68.5 Å². The average molecular weight is 396 g/mol. The molecule has 0 bridgehead atoms. The Kier molecular flexibility index (Phi) is 7.89. The summed E-state index contributed by atoms with van der Waals surface area (Å²) in [5, 5.41) is 3.42. The first-order valence-corrected chi connectivity index (χ1v) is 9.63. The standard InChI is InChI=1S/C19H19N3O2S.C3H6/c1-12(14-5-9-16(24-2)10-6-14)21-19-22-18(23)17(25-19)11-13-3-7-15(20)8-4-13;1-3-2/h3-12H,20H2,1-2H3,(H,21,22,23);3H,1H2,2H3/b17-11-;/t12-;/m0./s1. The van der Waals surface area contributed by atoms with E-state index in [2.05, 4.69) is 16.9 Å². The molecule has 146 valence electrons. The zero-order chi connectivity index (χ0) is 20.5. The summed E-state index contributed by atoms with van der Waals surface area (Å²) in [6.45, 7) is 7.24. The van der Waals surface area contributed by atoms with Crippen molar-refractivity contribution < 1.29 is 9.53 Å². The fourth-order valence-electron chi connectivity index (χ4n) is 2.36. The van der Waals surface area contributed by atoms with Gasteiger partial charge in [0.15, 0.2) is 5.17 Å². The molecule has 0 saturated carbocycles. The van der Waals surface area contributed by atoms with Crippen molar-refractivity contribution in [3.05, 3.63) is 77.2 Å². The maximum absolute atomic E-state index is 12.1. The number of nitrogens with one attached hydrogen (secondary N) is 1. The third-order valence-corrected chi connectivity index (χ3v) is 4.72. The highest BCUT2D eigenvalue weighted by Crippen LogP contribution is 2.29. The molecule has 1 amide bonds. The Bertz CT molecular complexity index is 872. The van der Waals surface area contributed by atoms with Crippen LogP contribution in [-0.2, 0) is 4.79 Å². The predicted octanol–water partition coefficient (Wildman–Crippen LogP) is 4.79. The number of thioether (sulfide) groups is 1. The van der Waals surface area contributed by atoms with E-state index in [4.69, 9.17) is 10.5 Å². The molecular weight excluding hydrogens is 370 g/mol. The number of anilines is 1. The molecule has 0 unspecified atom stereocenters. The number of amidine groups is 1. The number of hydrogen-bond donors (Lipinski definition) is 2. The van der Waals surface area contributed by atoms with E-state index in [-0.39, 0.29) is 11.9 Å². The molecular formula is C22H25N3O2S. The van der Waals surface area contributed by atoms with Gasteiger partial charge in [-0.15, -0.1) is 6.58 Å². The second-order valence-corrected chi connectivity index (χ2v) is 7.05. The first-order chi connectivity index (χ1) is 13.5. The van der Waals surface area contributed by atoms with Gasteiger partial charge in [0.2, 0.25) is 0 Å². The molecule has 1 aliphatic rings. The average Bonchev–Trinajstić information content (AvgIpc) is 3.03. The van der Waals surface area contributed by atoms with E-state index >= 15 is 0 Å². The number of allylic oxidation sites excluding steroid dienone is 1. The number of aliphatic imine (C=N–C) groups is 1. The van der Waals surface area contributed by atoms with Crippen LogP contribution in [0.4, 0.5) is 5.69 Å². The van der Waals surface area contributed by atoms with E-state index < -0.39 is 0 Å². The molecule has 0 radical (unpaired) electrons. The Balaban J connectivity index is 0.000000878. The van der Waals surface area contributed by atoms with E-state index in [9.17, 15) is 4.79 Å². The lowest BCUT2D eigenvalue weighted by Crippen LogP contribution is -2.20. The van der Waals surface area contributed by atoms with Gasteiger partial charge in [-0.3, -0.25) is 9.79 Å². The normalized spacial score (nSPS) is 16.9. The van der Waals surface area contributed by atoms with Crippen LogP contribution in [-0.4, -0.2) is 18.2 Å². The highest BCUT2D eigenvalue weighted by atomic mass is 32.2. The molecule has 6 heteroatoms. The molecule has 0 aliphatic carbocycles. The summed E-state index contributed by atoms with van der Waals surface area (Å²) in [5.41, 5.74) is 8.36. The van der Waals surface area contributed by atoms with Gasteiger partial charge >= 0.3 is 0 Å². The van der Waals surface area contributed by atoms with Gasteiger partial charge in [0.1, 0.15) is 5.75 Å². The maximum Gasteiger partial charge on any atom is 0.264 e. The molecule has 0 spiro atoms. The number of ether oxygens (including phenoxy) is 1. The summed E-state index contributed by atoms with van der Waals surface area (Å²) in [6.07, 6.45) is 3.58. The van der Waals surface area contributed by atoms with Crippen molar-refractivity contribution >= 4 is 34.6 Å². The zero-order valence-corrected chi connectivity index (χ0v) is 17.1. The van der Waals surface area contributed by atoms with Gasteiger partial charge in [0.25, 0.3) is 5.91 Å². The van der Waals surface area contributed by atoms with Crippen LogP contribution < -0.4 is 15.8 Å². The maximum atomic E-state index is 12.1. The molecule has 28 heavy (non-hydrogen) atoms. The molecule has 1 saturated heterocycles. The third kappa shape index (κ3) is 6.03. The molecule has 3 N–H and O–H groups in total. The van der Waals surface area contributed by atoms with Gasteiger partial charge in [0.05, 0.1) is 18.1 Å². The summed E-state index contributed by atoms with van der Waals surface area (Å²) in [5.74, 6) is 0.670. The van der Waals surface area contributed by atoms with Gasteiger partial charge in [-0.25, -0.2) is 0 Å². The van der Waals surface area contributed by atoms with Crippen LogP contribution >= 0.6 is 11.8 Å². The van der Waals surface area contributed by atoms with Crippen molar-refractivity contribution in [2.45, 2.75) is 19.9 Å². The largest absolute Gasteiger partial charge is 0.497 e. The number of benzene rings is 2. The van der Waals surface area contributed by atoms with Gasteiger partial charge in [-0.2, -0.15) is 0 Å². The number of amides is 1. The summed E-state index contributed by atoms with van der Waals surface area (Å²) >= 11 is 1.34. The molecule has 2 aromatic rings. The lowest BCUT2D eigenvalue weighted by molar-refractivity contribution is -0.115. The summed E-state index contributed by atoms with van der Waals surface area (Å²) < 4.78 is 5.16. The van der Waals surface area contributed by atoms with Crippen molar-refractivity contribution in [1.82, 2.24) is 5.32 Å². The number of methoxy groups -OCH3 is 1. The minimum atomic E-state index is -0.137. The van der Waals surface area contributed by atoms with E-state index in [0.717, 1.165) is 16.9 Å². The topological polar surface area (TPSA) is 76.7 Å². The van der Waals surface area contributed by atoms with Crippen LogP contribution in [0.2, 0.25) is 0 Å². The Labute approximate surface area is 170 Å². The lowest BCUT2D eigenvalue weighted by atomic mass is 10.1. The van der Waals surface area contributed by atoms with Crippen LogP contribution in [0.1, 0.15) is 31.0 Å².